The summed E-state index contributed by atoms with van der Waals surface area (Å²) in [7, 11) is 0. The van der Waals surface area contributed by atoms with E-state index in [4.69, 9.17) is 5.73 Å². The lowest BCUT2D eigenvalue weighted by atomic mass is 10.1. The van der Waals surface area contributed by atoms with Gasteiger partial charge in [-0.2, -0.15) is 0 Å². The normalized spacial score (nSPS) is 26.9. The minimum absolute atomic E-state index is 0.371. The molecular formula is C8H15BrN2. The van der Waals surface area contributed by atoms with Gasteiger partial charge in [-0.3, -0.25) is 4.90 Å². The molecule has 1 rings (SSSR count). The molecule has 0 bridgehead atoms. The number of hydrogen-bond acceptors (Lipinski definition) is 2. The lowest BCUT2D eigenvalue weighted by molar-refractivity contribution is 0.228. The molecule has 1 heterocycles. The van der Waals surface area contributed by atoms with Crippen LogP contribution in [0.2, 0.25) is 0 Å². The number of halogens is 1. The Balaban J connectivity index is 2.28. The van der Waals surface area contributed by atoms with E-state index in [1.807, 2.05) is 0 Å². The van der Waals surface area contributed by atoms with Crippen molar-refractivity contribution >= 4 is 15.9 Å². The lowest BCUT2D eigenvalue weighted by Gasteiger charge is -2.30. The Labute approximate surface area is 76.6 Å². The van der Waals surface area contributed by atoms with Crippen molar-refractivity contribution in [3.05, 3.63) is 11.1 Å². The van der Waals surface area contributed by atoms with Crippen molar-refractivity contribution in [3.8, 4) is 0 Å². The number of rotatable bonds is 2. The fourth-order valence-corrected chi connectivity index (χ4v) is 1.83. The SMILES string of the molecule is C=C(Br)CN1CCC[C@@H](N)C1. The Kier molecular flexibility index (Phi) is 3.55. The van der Waals surface area contributed by atoms with Gasteiger partial charge in [-0.05, 0) is 19.4 Å². The van der Waals surface area contributed by atoms with Gasteiger partial charge in [0.2, 0.25) is 0 Å². The summed E-state index contributed by atoms with van der Waals surface area (Å²) >= 11 is 3.35. The van der Waals surface area contributed by atoms with Crippen molar-refractivity contribution in [2.45, 2.75) is 18.9 Å². The first kappa shape index (κ1) is 9.23. The molecule has 0 unspecified atom stereocenters. The summed E-state index contributed by atoms with van der Waals surface area (Å²) in [5.41, 5.74) is 5.81. The summed E-state index contributed by atoms with van der Waals surface area (Å²) in [5.74, 6) is 0. The molecule has 1 fully saturated rings. The smallest absolute Gasteiger partial charge is 0.0294 e. The second-order valence-corrected chi connectivity index (χ2v) is 4.28. The van der Waals surface area contributed by atoms with Crippen LogP contribution in [0.15, 0.2) is 11.1 Å². The molecule has 0 amide bonds. The maximum absolute atomic E-state index is 5.81. The molecule has 0 saturated carbocycles. The summed E-state index contributed by atoms with van der Waals surface area (Å²) < 4.78 is 1.05. The first-order valence-corrected chi connectivity index (χ1v) is 4.79. The average molecular weight is 219 g/mol. The van der Waals surface area contributed by atoms with Crippen molar-refractivity contribution in [2.75, 3.05) is 19.6 Å². The quantitative estimate of drug-likeness (QED) is 0.758. The minimum atomic E-state index is 0.371. The van der Waals surface area contributed by atoms with E-state index in [-0.39, 0.29) is 0 Å². The van der Waals surface area contributed by atoms with E-state index < -0.39 is 0 Å². The third-order valence-corrected chi connectivity index (χ3v) is 2.19. The molecule has 3 heteroatoms. The highest BCUT2D eigenvalue weighted by atomic mass is 79.9. The highest BCUT2D eigenvalue weighted by Crippen LogP contribution is 2.11. The van der Waals surface area contributed by atoms with Crippen LogP contribution in [0.5, 0.6) is 0 Å². The summed E-state index contributed by atoms with van der Waals surface area (Å²) in [6, 6.07) is 0.371. The van der Waals surface area contributed by atoms with Gasteiger partial charge < -0.3 is 5.73 Å². The molecule has 2 nitrogen and oxygen atoms in total. The van der Waals surface area contributed by atoms with Gasteiger partial charge in [0, 0.05) is 23.6 Å². The molecule has 0 spiro atoms. The van der Waals surface area contributed by atoms with Gasteiger partial charge in [0.25, 0.3) is 0 Å². The molecule has 1 saturated heterocycles. The molecule has 2 N–H and O–H groups in total. The van der Waals surface area contributed by atoms with E-state index in [1.165, 1.54) is 19.4 Å². The summed E-state index contributed by atoms with van der Waals surface area (Å²) in [4.78, 5) is 2.34. The molecule has 0 aromatic carbocycles. The third kappa shape index (κ3) is 3.36. The van der Waals surface area contributed by atoms with Crippen LogP contribution in [0.1, 0.15) is 12.8 Å². The fraction of sp³-hybridized carbons (Fsp3) is 0.750. The zero-order chi connectivity index (χ0) is 8.27. The molecule has 1 aliphatic rings. The molecule has 0 aliphatic carbocycles. The van der Waals surface area contributed by atoms with Gasteiger partial charge in [0.15, 0.2) is 0 Å². The van der Waals surface area contributed by atoms with Crippen LogP contribution in [-0.4, -0.2) is 30.6 Å². The lowest BCUT2D eigenvalue weighted by Crippen LogP contribution is -2.43. The van der Waals surface area contributed by atoms with E-state index in [9.17, 15) is 0 Å². The third-order valence-electron chi connectivity index (χ3n) is 1.94. The molecule has 1 aliphatic heterocycles. The van der Waals surface area contributed by atoms with Crippen LogP contribution in [0.4, 0.5) is 0 Å². The van der Waals surface area contributed by atoms with Crippen LogP contribution in [0.3, 0.4) is 0 Å². The second-order valence-electron chi connectivity index (χ2n) is 3.15. The van der Waals surface area contributed by atoms with Crippen LogP contribution in [0.25, 0.3) is 0 Å². The molecule has 1 atom stereocenters. The Morgan fingerprint density at radius 1 is 1.73 bits per heavy atom. The number of nitrogens with two attached hydrogens (primary N) is 1. The van der Waals surface area contributed by atoms with Crippen LogP contribution < -0.4 is 5.73 Å². The largest absolute Gasteiger partial charge is 0.327 e. The Morgan fingerprint density at radius 3 is 3.00 bits per heavy atom. The summed E-state index contributed by atoms with van der Waals surface area (Å²) in [6.07, 6.45) is 2.40. The van der Waals surface area contributed by atoms with Crippen molar-refractivity contribution in [3.63, 3.8) is 0 Å². The number of hydrogen-bond donors (Lipinski definition) is 1. The van der Waals surface area contributed by atoms with Crippen molar-refractivity contribution < 1.29 is 0 Å². The van der Waals surface area contributed by atoms with E-state index in [1.54, 1.807) is 0 Å². The molecule has 11 heavy (non-hydrogen) atoms. The maximum atomic E-state index is 5.81. The van der Waals surface area contributed by atoms with Gasteiger partial charge in [-0.15, -0.1) is 0 Å². The topological polar surface area (TPSA) is 29.3 Å². The van der Waals surface area contributed by atoms with E-state index >= 15 is 0 Å². The zero-order valence-electron chi connectivity index (χ0n) is 6.72. The summed E-state index contributed by atoms with van der Waals surface area (Å²) in [5, 5.41) is 0. The highest BCUT2D eigenvalue weighted by molar-refractivity contribution is 9.11. The van der Waals surface area contributed by atoms with Crippen LogP contribution >= 0.6 is 15.9 Å². The van der Waals surface area contributed by atoms with Crippen molar-refractivity contribution in [1.82, 2.24) is 4.90 Å². The molecule has 0 radical (unpaired) electrons. The van der Waals surface area contributed by atoms with Gasteiger partial charge in [-0.25, -0.2) is 0 Å². The van der Waals surface area contributed by atoms with Crippen LogP contribution in [-0.2, 0) is 0 Å². The van der Waals surface area contributed by atoms with Gasteiger partial charge in [-0.1, -0.05) is 22.5 Å². The summed E-state index contributed by atoms with van der Waals surface area (Å²) in [6.45, 7) is 6.93. The van der Waals surface area contributed by atoms with Gasteiger partial charge in [0.1, 0.15) is 0 Å². The van der Waals surface area contributed by atoms with Crippen LogP contribution in [0, 0.1) is 0 Å². The van der Waals surface area contributed by atoms with E-state index in [0.717, 1.165) is 17.6 Å². The monoisotopic (exact) mass is 218 g/mol. The molecule has 0 aromatic rings. The predicted molar refractivity (Wildman–Crippen MR) is 51.7 cm³/mol. The fourth-order valence-electron chi connectivity index (χ4n) is 1.48. The number of piperidine rings is 1. The first-order valence-electron chi connectivity index (χ1n) is 3.99. The maximum Gasteiger partial charge on any atom is 0.0294 e. The van der Waals surface area contributed by atoms with E-state index in [2.05, 4.69) is 27.4 Å². The average Bonchev–Trinajstić information content (AvgIpc) is 1.85. The highest BCUT2D eigenvalue weighted by Gasteiger charge is 2.15. The molecular weight excluding hydrogens is 204 g/mol. The minimum Gasteiger partial charge on any atom is -0.327 e. The Hall–Kier alpha value is 0.140. The van der Waals surface area contributed by atoms with E-state index in [0.29, 0.717) is 6.04 Å². The standard InChI is InChI=1S/C8H15BrN2/c1-7(9)5-11-4-2-3-8(10)6-11/h8H,1-6,10H2/t8-/m1/s1. The van der Waals surface area contributed by atoms with Crippen molar-refractivity contribution in [2.24, 2.45) is 5.73 Å². The predicted octanol–water partition coefficient (Wildman–Crippen LogP) is 1.32. The van der Waals surface area contributed by atoms with Gasteiger partial charge >= 0.3 is 0 Å². The van der Waals surface area contributed by atoms with Gasteiger partial charge in [0.05, 0.1) is 0 Å². The molecule has 64 valence electrons. The Morgan fingerprint density at radius 2 is 2.45 bits per heavy atom. The van der Waals surface area contributed by atoms with Crippen molar-refractivity contribution in [1.29, 1.82) is 0 Å². The Bertz CT molecular complexity index is 147. The second kappa shape index (κ2) is 4.24. The first-order chi connectivity index (χ1) is 5.18. The molecule has 0 aromatic heterocycles. The number of likely N-dealkylation sites (tertiary alicyclic amines) is 1. The zero-order valence-corrected chi connectivity index (χ0v) is 8.31. The number of nitrogens with zero attached hydrogens (tertiary/aromatic N) is 1.